The van der Waals surface area contributed by atoms with Gasteiger partial charge in [0.2, 0.25) is 0 Å². The smallest absolute Gasteiger partial charge is 0.128 e. The predicted molar refractivity (Wildman–Crippen MR) is 125 cm³/mol. The van der Waals surface area contributed by atoms with E-state index in [0.29, 0.717) is 11.5 Å². The largest absolute Gasteiger partial charge is 0.496 e. The van der Waals surface area contributed by atoms with E-state index in [1.54, 1.807) is 25.7 Å². The summed E-state index contributed by atoms with van der Waals surface area (Å²) in [6.07, 6.45) is 7.04. The fraction of sp³-hybridized carbons (Fsp3) is 0.0833. The van der Waals surface area contributed by atoms with Gasteiger partial charge < -0.3 is 10.1 Å². The van der Waals surface area contributed by atoms with E-state index < -0.39 is 0 Å². The Bertz CT molecular complexity index is 1390. The van der Waals surface area contributed by atoms with Crippen molar-refractivity contribution in [3.63, 3.8) is 0 Å². The molecule has 0 saturated heterocycles. The Kier molecular flexibility index (Phi) is 4.87. The summed E-state index contributed by atoms with van der Waals surface area (Å²) >= 11 is 0. The highest BCUT2D eigenvalue weighted by Crippen LogP contribution is 2.36. The fourth-order valence-corrected chi connectivity index (χ4v) is 3.85. The fourth-order valence-electron chi connectivity index (χ4n) is 3.85. The first kappa shape index (κ1) is 19.5. The number of nitrogens with zero attached hydrogens (tertiary/aromatic N) is 3. The van der Waals surface area contributed by atoms with Crippen molar-refractivity contribution in [2.45, 2.75) is 0 Å². The first-order valence-electron chi connectivity index (χ1n) is 10.1. The lowest BCUT2D eigenvalue weighted by atomic mass is 9.94. The van der Waals surface area contributed by atoms with Crippen molar-refractivity contribution in [1.29, 1.82) is 5.41 Å². The summed E-state index contributed by atoms with van der Waals surface area (Å²) in [6, 6.07) is 13.7. The molecule has 5 rings (SSSR count). The summed E-state index contributed by atoms with van der Waals surface area (Å²) < 4.78 is 5.61. The second kappa shape index (κ2) is 7.99. The number of benzene rings is 2. The Morgan fingerprint density at radius 1 is 1.03 bits per heavy atom. The van der Waals surface area contributed by atoms with Crippen molar-refractivity contribution in [2.24, 2.45) is 0 Å². The molecule has 0 aliphatic rings. The number of pyridine rings is 1. The van der Waals surface area contributed by atoms with Gasteiger partial charge in [-0.15, -0.1) is 0 Å². The van der Waals surface area contributed by atoms with E-state index in [-0.39, 0.29) is 0 Å². The van der Waals surface area contributed by atoms with Crippen LogP contribution in [-0.4, -0.2) is 45.2 Å². The molecule has 0 amide bonds. The summed E-state index contributed by atoms with van der Waals surface area (Å²) in [5.74, 6) is 0.699. The van der Waals surface area contributed by atoms with Gasteiger partial charge in [-0.1, -0.05) is 24.3 Å². The molecule has 0 aliphatic heterocycles. The minimum atomic E-state index is 0.404. The molecular weight excluding hydrogens is 402 g/mol. The third-order valence-electron chi connectivity index (χ3n) is 5.50. The number of methoxy groups -OCH3 is 1. The van der Waals surface area contributed by atoms with Crippen LogP contribution in [0, 0.1) is 5.41 Å². The van der Waals surface area contributed by atoms with E-state index >= 15 is 0 Å². The number of fused-ring (bicyclic) bond motifs is 1. The van der Waals surface area contributed by atoms with Gasteiger partial charge in [0.05, 0.1) is 42.1 Å². The number of aromatic nitrogens is 5. The maximum Gasteiger partial charge on any atom is 0.128 e. The zero-order valence-electron chi connectivity index (χ0n) is 17.6. The number of anilines is 1. The zero-order valence-corrected chi connectivity index (χ0v) is 17.6. The van der Waals surface area contributed by atoms with Crippen LogP contribution in [0.2, 0.25) is 0 Å². The van der Waals surface area contributed by atoms with E-state index in [1.165, 1.54) is 0 Å². The van der Waals surface area contributed by atoms with Gasteiger partial charge in [0.25, 0.3) is 0 Å². The van der Waals surface area contributed by atoms with Crippen LogP contribution in [-0.2, 0) is 0 Å². The average molecular weight is 423 g/mol. The highest BCUT2D eigenvalue weighted by Gasteiger charge is 2.18. The van der Waals surface area contributed by atoms with E-state index in [4.69, 9.17) is 10.1 Å². The van der Waals surface area contributed by atoms with Gasteiger partial charge in [-0.05, 0) is 17.7 Å². The first-order valence-corrected chi connectivity index (χ1v) is 10.1. The number of ether oxygens (including phenoxy) is 1. The summed E-state index contributed by atoms with van der Waals surface area (Å²) in [4.78, 5) is 4.59. The summed E-state index contributed by atoms with van der Waals surface area (Å²) in [5, 5.41) is 27.0. The van der Waals surface area contributed by atoms with Gasteiger partial charge in [-0.3, -0.25) is 20.6 Å². The van der Waals surface area contributed by atoms with Gasteiger partial charge in [0.15, 0.2) is 0 Å². The molecule has 0 unspecified atom stereocenters. The van der Waals surface area contributed by atoms with Crippen molar-refractivity contribution in [1.82, 2.24) is 25.4 Å². The normalized spacial score (nSPS) is 10.9. The highest BCUT2D eigenvalue weighted by molar-refractivity contribution is 6.21. The molecule has 4 N–H and O–H groups in total. The van der Waals surface area contributed by atoms with E-state index in [0.717, 1.165) is 50.1 Å². The van der Waals surface area contributed by atoms with E-state index in [2.05, 4.69) is 30.7 Å². The van der Waals surface area contributed by atoms with Gasteiger partial charge >= 0.3 is 0 Å². The van der Waals surface area contributed by atoms with Crippen LogP contribution in [0.5, 0.6) is 5.75 Å². The number of H-pyrrole nitrogens is 2. The van der Waals surface area contributed by atoms with Crippen molar-refractivity contribution in [2.75, 3.05) is 19.5 Å². The summed E-state index contributed by atoms with van der Waals surface area (Å²) in [5.41, 5.74) is 7.25. The lowest BCUT2D eigenvalue weighted by Gasteiger charge is -2.16. The lowest BCUT2D eigenvalue weighted by molar-refractivity contribution is 0.417. The topological polar surface area (TPSA) is 115 Å². The van der Waals surface area contributed by atoms with Crippen LogP contribution in [0.3, 0.4) is 0 Å². The molecular formula is C24H21N7O. The molecule has 0 bridgehead atoms. The minimum Gasteiger partial charge on any atom is -0.496 e. The molecule has 3 aromatic heterocycles. The Morgan fingerprint density at radius 2 is 1.88 bits per heavy atom. The quantitative estimate of drug-likeness (QED) is 0.301. The van der Waals surface area contributed by atoms with Gasteiger partial charge in [0.1, 0.15) is 5.75 Å². The predicted octanol–water partition coefficient (Wildman–Crippen LogP) is 4.48. The lowest BCUT2D eigenvalue weighted by Crippen LogP contribution is -2.08. The van der Waals surface area contributed by atoms with Gasteiger partial charge in [-0.2, -0.15) is 10.2 Å². The SMILES string of the molecule is CNc1cnc2cc(OC)c(-c3cn[nH]c3)cc2c1C(=N)c1ccc(-c2ccn[nH]2)cc1. The molecule has 5 aromatic rings. The summed E-state index contributed by atoms with van der Waals surface area (Å²) in [7, 11) is 3.47. The molecule has 0 aliphatic carbocycles. The Labute approximate surface area is 184 Å². The van der Waals surface area contributed by atoms with Crippen LogP contribution < -0.4 is 10.1 Å². The van der Waals surface area contributed by atoms with E-state index in [1.807, 2.05) is 55.7 Å². The Balaban J connectivity index is 1.66. The molecule has 3 heterocycles. The molecule has 8 heteroatoms. The minimum absolute atomic E-state index is 0.404. The first-order chi connectivity index (χ1) is 15.7. The molecule has 2 aromatic carbocycles. The number of hydrogen-bond donors (Lipinski definition) is 4. The van der Waals surface area contributed by atoms with Crippen LogP contribution in [0.1, 0.15) is 11.1 Å². The molecule has 0 spiro atoms. The number of nitrogens with one attached hydrogen (secondary N) is 4. The molecule has 0 radical (unpaired) electrons. The van der Waals surface area contributed by atoms with Crippen LogP contribution in [0.4, 0.5) is 5.69 Å². The van der Waals surface area contributed by atoms with Crippen molar-refractivity contribution >= 4 is 22.3 Å². The van der Waals surface area contributed by atoms with Crippen molar-refractivity contribution in [3.8, 4) is 28.1 Å². The number of aromatic amines is 2. The Hall–Kier alpha value is -4.46. The third kappa shape index (κ3) is 3.27. The second-order valence-electron chi connectivity index (χ2n) is 7.28. The molecule has 158 valence electrons. The molecule has 0 atom stereocenters. The van der Waals surface area contributed by atoms with Crippen LogP contribution in [0.25, 0.3) is 33.3 Å². The Morgan fingerprint density at radius 3 is 2.53 bits per heavy atom. The maximum absolute atomic E-state index is 9.05. The average Bonchev–Trinajstić information content (AvgIpc) is 3.57. The van der Waals surface area contributed by atoms with Crippen LogP contribution >= 0.6 is 0 Å². The van der Waals surface area contributed by atoms with Gasteiger partial charge in [0, 0.05) is 53.1 Å². The number of rotatable bonds is 6. The zero-order chi connectivity index (χ0) is 22.1. The molecule has 0 saturated carbocycles. The summed E-state index contributed by atoms with van der Waals surface area (Å²) in [6.45, 7) is 0. The van der Waals surface area contributed by atoms with Crippen LogP contribution in [0.15, 0.2) is 67.3 Å². The highest BCUT2D eigenvalue weighted by atomic mass is 16.5. The van der Waals surface area contributed by atoms with Gasteiger partial charge in [-0.25, -0.2) is 0 Å². The number of hydrogen-bond acceptors (Lipinski definition) is 6. The van der Waals surface area contributed by atoms with Crippen molar-refractivity contribution in [3.05, 3.63) is 78.4 Å². The standard InChI is InChI=1S/C24H21N7O/c1-26-21-13-27-20-10-22(32-2)17(16-11-29-30-12-16)9-18(20)23(21)24(25)15-5-3-14(4-6-15)19-7-8-28-31-19/h3-13,25-26H,1-2H3,(H,28,31)(H,29,30). The monoisotopic (exact) mass is 423 g/mol. The maximum atomic E-state index is 9.05. The third-order valence-corrected chi connectivity index (χ3v) is 5.50. The molecule has 0 fully saturated rings. The molecule has 8 nitrogen and oxygen atoms in total. The van der Waals surface area contributed by atoms with Crippen molar-refractivity contribution < 1.29 is 4.74 Å². The second-order valence-corrected chi connectivity index (χ2v) is 7.28. The molecule has 32 heavy (non-hydrogen) atoms. The van der Waals surface area contributed by atoms with E-state index in [9.17, 15) is 0 Å².